The summed E-state index contributed by atoms with van der Waals surface area (Å²) in [5.74, 6) is 0. The van der Waals surface area contributed by atoms with Gasteiger partial charge in [0.15, 0.2) is 0 Å². The van der Waals surface area contributed by atoms with Gasteiger partial charge >= 0.3 is 43.7 Å². The molecule has 1 aliphatic rings. The van der Waals surface area contributed by atoms with Crippen molar-refractivity contribution in [1.82, 2.24) is 0 Å². The van der Waals surface area contributed by atoms with Gasteiger partial charge in [-0.05, 0) is 0 Å². The zero-order valence-corrected chi connectivity index (χ0v) is 4.01. The first-order valence-electron chi connectivity index (χ1n) is 1.68. The second kappa shape index (κ2) is 1.63. The van der Waals surface area contributed by atoms with Crippen molar-refractivity contribution >= 4 is 4.80 Å². The van der Waals surface area contributed by atoms with Crippen molar-refractivity contribution in [3.05, 3.63) is 0 Å². The molecule has 0 radical (unpaired) electrons. The van der Waals surface area contributed by atoms with Crippen LogP contribution in [0.2, 0.25) is 0 Å². The fourth-order valence-corrected chi connectivity index (χ4v) is 0.494. The molecule has 0 bridgehead atoms. The third kappa shape index (κ3) is 0.730. The van der Waals surface area contributed by atoms with Crippen molar-refractivity contribution in [2.45, 2.75) is 0 Å². The molecule has 0 fully saturated rings. The van der Waals surface area contributed by atoms with E-state index in [2.05, 4.69) is 21.0 Å². The molecule has 0 amide bonds. The maximum atomic E-state index is 4.71. The van der Waals surface area contributed by atoms with E-state index in [1.165, 1.54) is 0 Å². The Bertz CT molecular complexity index is 80.9. The first-order chi connectivity index (χ1) is 2.89. The van der Waals surface area contributed by atoms with Gasteiger partial charge in [-0.25, -0.2) is 0 Å². The molecule has 0 unspecified atom stereocenters. The van der Waals surface area contributed by atoms with Crippen LogP contribution in [0, 0.1) is 0 Å². The molecule has 3 heteroatoms. The van der Waals surface area contributed by atoms with Crippen molar-refractivity contribution in [1.29, 1.82) is 0 Å². The van der Waals surface area contributed by atoms with E-state index in [9.17, 15) is 0 Å². The van der Waals surface area contributed by atoms with Crippen LogP contribution in [-0.4, -0.2) is 17.9 Å². The second-order valence-electron chi connectivity index (χ2n) is 0.950. The van der Waals surface area contributed by atoms with Gasteiger partial charge in [0.25, 0.3) is 0 Å². The molecule has 1 rings (SSSR count). The monoisotopic (exact) mass is 133 g/mol. The van der Waals surface area contributed by atoms with Crippen LogP contribution in [0.15, 0.2) is 4.99 Å². The summed E-state index contributed by atoms with van der Waals surface area (Å²) in [6, 6.07) is 0. The molecule has 0 aliphatic carbocycles. The van der Waals surface area contributed by atoms with Gasteiger partial charge in [0.1, 0.15) is 0 Å². The summed E-state index contributed by atoms with van der Waals surface area (Å²) in [5, 5.41) is 0. The van der Waals surface area contributed by atoms with E-state index in [-0.39, 0.29) is 0 Å². The minimum absolute atomic E-state index is 0.391. The summed E-state index contributed by atoms with van der Waals surface area (Å²) in [6.45, 7) is 1.42. The van der Waals surface area contributed by atoms with Gasteiger partial charge in [-0.15, -0.1) is 0 Å². The molecule has 2 nitrogen and oxygen atoms in total. The molecule has 0 N–H and O–H groups in total. The Hall–Kier alpha value is -0.0105. The number of nitrogens with zero attached hydrogens (tertiary/aromatic N) is 1. The van der Waals surface area contributed by atoms with E-state index in [0.717, 1.165) is 6.54 Å². The third-order valence-corrected chi connectivity index (χ3v) is 0.810. The van der Waals surface area contributed by atoms with E-state index < -0.39 is 0 Å². The van der Waals surface area contributed by atoms with Crippen LogP contribution >= 0.6 is 0 Å². The third-order valence-electron chi connectivity index (χ3n) is 0.525. The molecule has 0 atom stereocenters. The molecule has 1 aliphatic heterocycles. The van der Waals surface area contributed by atoms with Crippen LogP contribution in [0.4, 0.5) is 0 Å². The number of ether oxygens (including phenoxy) is 1. The van der Waals surface area contributed by atoms with Crippen LogP contribution in [0.5, 0.6) is 0 Å². The fraction of sp³-hybridized carbons (Fsp3) is 0.667. The first kappa shape index (κ1) is 4.16. The summed E-state index contributed by atoms with van der Waals surface area (Å²) < 4.78 is 4.71. The molecule has 0 aromatic heterocycles. The molecular formula is C3H4CuNO. The van der Waals surface area contributed by atoms with Crippen LogP contribution < -0.4 is 0 Å². The first-order valence-corrected chi connectivity index (χ1v) is 2.15. The molecule has 38 valence electrons. The van der Waals surface area contributed by atoms with Crippen LogP contribution in [0.25, 0.3) is 0 Å². The van der Waals surface area contributed by atoms with Gasteiger partial charge in [0.05, 0.1) is 0 Å². The van der Waals surface area contributed by atoms with E-state index in [4.69, 9.17) is 4.74 Å². The molecule has 0 spiro atoms. The Morgan fingerprint density at radius 1 is 1.83 bits per heavy atom. The van der Waals surface area contributed by atoms with E-state index in [0.29, 0.717) is 11.4 Å². The Morgan fingerprint density at radius 3 is 2.83 bits per heavy atom. The molecule has 0 aromatic rings. The number of hydrogen-bond acceptors (Lipinski definition) is 2. The summed E-state index contributed by atoms with van der Waals surface area (Å²) in [6.07, 6.45) is 0. The van der Waals surface area contributed by atoms with E-state index in [1.807, 2.05) is 0 Å². The summed E-state index contributed by atoms with van der Waals surface area (Å²) >= 11 is 4.66. The molecule has 0 saturated carbocycles. The predicted molar refractivity (Wildman–Crippen MR) is 18.3 cm³/mol. The topological polar surface area (TPSA) is 21.6 Å². The van der Waals surface area contributed by atoms with Crippen LogP contribution in [0.3, 0.4) is 0 Å². The van der Waals surface area contributed by atoms with Crippen molar-refractivity contribution in [2.24, 2.45) is 4.99 Å². The normalized spacial score (nSPS) is 20.0. The Morgan fingerprint density at radius 2 is 2.67 bits per heavy atom. The number of rotatable bonds is 0. The van der Waals surface area contributed by atoms with Gasteiger partial charge in [0, 0.05) is 0 Å². The van der Waals surface area contributed by atoms with Crippen molar-refractivity contribution in [2.75, 3.05) is 13.2 Å². The Balaban J connectivity index is 2.45. The molecule has 0 saturated heterocycles. The predicted octanol–water partition coefficient (Wildman–Crippen LogP) is -0.0806. The summed E-state index contributed by atoms with van der Waals surface area (Å²) in [5.41, 5.74) is 0. The zero-order chi connectivity index (χ0) is 4.41. The van der Waals surface area contributed by atoms with Gasteiger partial charge in [-0.1, -0.05) is 0 Å². The van der Waals surface area contributed by atoms with Crippen molar-refractivity contribution in [3.63, 3.8) is 0 Å². The number of hydrogen-bond donors (Lipinski definition) is 0. The zero-order valence-electron chi connectivity index (χ0n) is 3.07. The average Bonchev–Trinajstić information content (AvgIpc) is 1.86. The number of aliphatic imine (C=N–C) groups is 1. The van der Waals surface area contributed by atoms with Gasteiger partial charge in [-0.2, -0.15) is 0 Å². The standard InChI is InChI=1S/C3H4NO.Cu/c1-2-5-3-4-1;/h1-2H2;. The van der Waals surface area contributed by atoms with Gasteiger partial charge in [-0.3, -0.25) is 0 Å². The fourth-order valence-electron chi connectivity index (χ4n) is 0.293. The summed E-state index contributed by atoms with van der Waals surface area (Å²) in [4.78, 5) is 4.13. The molecule has 6 heavy (non-hydrogen) atoms. The van der Waals surface area contributed by atoms with E-state index in [1.54, 1.807) is 0 Å². The minimum atomic E-state index is 0.391. The second-order valence-corrected chi connectivity index (χ2v) is 1.35. The van der Waals surface area contributed by atoms with Gasteiger partial charge in [0.2, 0.25) is 0 Å². The van der Waals surface area contributed by atoms with Crippen LogP contribution in [0.1, 0.15) is 0 Å². The van der Waals surface area contributed by atoms with E-state index >= 15 is 0 Å². The van der Waals surface area contributed by atoms with Crippen molar-refractivity contribution < 1.29 is 20.7 Å². The molecule has 1 heterocycles. The Kier molecular flexibility index (Phi) is 1.13. The summed E-state index contributed by atoms with van der Waals surface area (Å²) in [7, 11) is 0. The molecular weight excluding hydrogens is 130 g/mol. The maximum absolute atomic E-state index is 4.71. The van der Waals surface area contributed by atoms with Gasteiger partial charge < -0.3 is 0 Å². The Labute approximate surface area is 44.4 Å². The quantitative estimate of drug-likeness (QED) is 0.424. The van der Waals surface area contributed by atoms with Crippen LogP contribution in [-0.2, 0) is 20.7 Å². The van der Waals surface area contributed by atoms with Crippen molar-refractivity contribution in [3.8, 4) is 0 Å². The average molecular weight is 134 g/mol. The molecule has 0 aromatic carbocycles. The SMILES string of the molecule is [Cu][C]1=NCCO1.